The highest BCUT2D eigenvalue weighted by molar-refractivity contribution is 7.89. The van der Waals surface area contributed by atoms with Gasteiger partial charge >= 0.3 is 6.03 Å². The van der Waals surface area contributed by atoms with Crippen molar-refractivity contribution >= 4 is 16.1 Å². The Morgan fingerprint density at radius 1 is 1.43 bits per heavy atom. The molecule has 1 heterocycles. The third-order valence-electron chi connectivity index (χ3n) is 3.93. The summed E-state index contributed by atoms with van der Waals surface area (Å²) in [7, 11) is -3.70. The van der Waals surface area contributed by atoms with E-state index < -0.39 is 10.0 Å². The third kappa shape index (κ3) is 4.66. The van der Waals surface area contributed by atoms with Crippen LogP contribution in [0, 0.1) is 0 Å². The van der Waals surface area contributed by atoms with Crippen LogP contribution >= 0.6 is 0 Å². The Morgan fingerprint density at radius 3 is 2.65 bits per heavy atom. The monoisotopic (exact) mass is 341 g/mol. The minimum atomic E-state index is -3.70. The van der Waals surface area contributed by atoms with Crippen molar-refractivity contribution in [2.24, 2.45) is 5.14 Å². The predicted molar refractivity (Wildman–Crippen MR) is 86.4 cm³/mol. The lowest BCUT2D eigenvalue weighted by Gasteiger charge is -2.33. The van der Waals surface area contributed by atoms with E-state index in [-0.39, 0.29) is 23.1 Å². The highest BCUT2D eigenvalue weighted by Gasteiger charge is 2.24. The predicted octanol–water partition coefficient (Wildman–Crippen LogP) is 1.22. The molecule has 0 aliphatic carbocycles. The Hall–Kier alpha value is -1.64. The van der Waals surface area contributed by atoms with Crippen molar-refractivity contribution in [3.8, 4) is 0 Å². The van der Waals surface area contributed by atoms with E-state index >= 15 is 0 Å². The molecular formula is C15H23N3O4S. The van der Waals surface area contributed by atoms with E-state index in [0.29, 0.717) is 19.7 Å². The Labute approximate surface area is 136 Å². The number of rotatable bonds is 4. The van der Waals surface area contributed by atoms with Crippen molar-refractivity contribution in [3.05, 3.63) is 29.8 Å². The summed E-state index contributed by atoms with van der Waals surface area (Å²) in [6, 6.07) is 5.80. The van der Waals surface area contributed by atoms with E-state index in [4.69, 9.17) is 9.88 Å². The number of morpholine rings is 1. The number of hydrogen-bond acceptors (Lipinski definition) is 4. The summed E-state index contributed by atoms with van der Waals surface area (Å²) in [5.41, 5.74) is 0.811. The number of ether oxygens (including phenoxy) is 1. The zero-order valence-corrected chi connectivity index (χ0v) is 14.2. The Balaban J connectivity index is 1.98. The molecule has 0 spiro atoms. The number of benzene rings is 1. The van der Waals surface area contributed by atoms with Crippen molar-refractivity contribution in [2.75, 3.05) is 19.7 Å². The van der Waals surface area contributed by atoms with Crippen molar-refractivity contribution < 1.29 is 17.9 Å². The summed E-state index contributed by atoms with van der Waals surface area (Å²) in [6.07, 6.45) is 0.952. The largest absolute Gasteiger partial charge is 0.375 e. The van der Waals surface area contributed by atoms with Crippen LogP contribution in [0.25, 0.3) is 0 Å². The Bertz CT molecular complexity index is 645. The van der Waals surface area contributed by atoms with Gasteiger partial charge in [0, 0.05) is 13.1 Å². The lowest BCUT2D eigenvalue weighted by atomic mass is 10.1. The van der Waals surface area contributed by atoms with Crippen molar-refractivity contribution in [1.82, 2.24) is 10.2 Å². The van der Waals surface area contributed by atoms with Gasteiger partial charge in [-0.2, -0.15) is 0 Å². The molecule has 0 bridgehead atoms. The van der Waals surface area contributed by atoms with Crippen LogP contribution in [0.5, 0.6) is 0 Å². The topological polar surface area (TPSA) is 102 Å². The van der Waals surface area contributed by atoms with E-state index in [1.54, 1.807) is 17.0 Å². The normalized spacial score (nSPS) is 20.1. The third-order valence-corrected chi connectivity index (χ3v) is 4.86. The van der Waals surface area contributed by atoms with Gasteiger partial charge in [0.1, 0.15) is 0 Å². The molecule has 1 aliphatic rings. The first-order valence-electron chi connectivity index (χ1n) is 7.61. The number of carbonyl (C=O) groups excluding carboxylic acids is 1. The average Bonchev–Trinajstić information content (AvgIpc) is 2.54. The second kappa shape index (κ2) is 7.29. The van der Waals surface area contributed by atoms with Crippen LogP contribution in [0.1, 0.15) is 31.9 Å². The molecule has 7 nitrogen and oxygen atoms in total. The van der Waals surface area contributed by atoms with Crippen molar-refractivity contribution in [2.45, 2.75) is 37.3 Å². The summed E-state index contributed by atoms with van der Waals surface area (Å²) in [4.78, 5) is 14.1. The lowest BCUT2D eigenvalue weighted by molar-refractivity contribution is -0.0156. The Morgan fingerprint density at radius 2 is 2.09 bits per heavy atom. The molecule has 1 aromatic rings. The molecule has 1 saturated heterocycles. The molecule has 8 heteroatoms. The van der Waals surface area contributed by atoms with Crippen LogP contribution < -0.4 is 10.5 Å². The molecule has 128 valence electrons. The molecule has 3 N–H and O–H groups in total. The molecular weight excluding hydrogens is 318 g/mol. The molecule has 0 unspecified atom stereocenters. The first kappa shape index (κ1) is 17.7. The van der Waals surface area contributed by atoms with Crippen LogP contribution in [0.3, 0.4) is 0 Å². The second-order valence-electron chi connectivity index (χ2n) is 5.63. The number of nitrogens with two attached hydrogens (primary N) is 1. The second-order valence-corrected chi connectivity index (χ2v) is 7.19. The van der Waals surface area contributed by atoms with Gasteiger partial charge in [-0.05, 0) is 31.0 Å². The number of sulfonamides is 1. The highest BCUT2D eigenvalue weighted by Crippen LogP contribution is 2.16. The standard InChI is InChI=1S/C15H23N3O4S/c1-3-13-10-18(8-9-22-13)15(19)17-11(2)12-4-6-14(7-5-12)23(16,20)21/h4-7,11,13H,3,8-10H2,1-2H3,(H,17,19)(H2,16,20,21)/t11-,13-/m1/s1. The maximum absolute atomic E-state index is 12.3. The van der Waals surface area contributed by atoms with Gasteiger partial charge in [0.15, 0.2) is 0 Å². The number of hydrogen-bond donors (Lipinski definition) is 2. The van der Waals surface area contributed by atoms with Crippen LogP contribution in [0.4, 0.5) is 4.79 Å². The quantitative estimate of drug-likeness (QED) is 0.859. The average molecular weight is 341 g/mol. The van der Waals surface area contributed by atoms with Crippen molar-refractivity contribution in [1.29, 1.82) is 0 Å². The van der Waals surface area contributed by atoms with E-state index in [9.17, 15) is 13.2 Å². The van der Waals surface area contributed by atoms with Crippen LogP contribution in [-0.2, 0) is 14.8 Å². The molecule has 23 heavy (non-hydrogen) atoms. The van der Waals surface area contributed by atoms with Gasteiger partial charge in [-0.3, -0.25) is 0 Å². The fourth-order valence-electron chi connectivity index (χ4n) is 2.46. The van der Waals surface area contributed by atoms with Crippen LogP contribution in [0.2, 0.25) is 0 Å². The van der Waals surface area contributed by atoms with Crippen LogP contribution in [-0.4, -0.2) is 45.1 Å². The number of nitrogens with one attached hydrogen (secondary N) is 1. The molecule has 2 rings (SSSR count). The first-order chi connectivity index (χ1) is 10.8. The molecule has 1 aliphatic heterocycles. The van der Waals surface area contributed by atoms with Gasteiger partial charge < -0.3 is 15.0 Å². The zero-order valence-electron chi connectivity index (χ0n) is 13.4. The van der Waals surface area contributed by atoms with Gasteiger partial charge in [0.25, 0.3) is 0 Å². The van der Waals surface area contributed by atoms with Gasteiger partial charge in [-0.15, -0.1) is 0 Å². The highest BCUT2D eigenvalue weighted by atomic mass is 32.2. The van der Waals surface area contributed by atoms with E-state index in [1.807, 2.05) is 13.8 Å². The molecule has 0 radical (unpaired) electrons. The molecule has 0 aromatic heterocycles. The fourth-order valence-corrected chi connectivity index (χ4v) is 2.97. The smallest absolute Gasteiger partial charge is 0.318 e. The van der Waals surface area contributed by atoms with E-state index in [2.05, 4.69) is 5.32 Å². The Kier molecular flexibility index (Phi) is 5.61. The summed E-state index contributed by atoms with van der Waals surface area (Å²) in [5, 5.41) is 7.99. The van der Waals surface area contributed by atoms with Gasteiger partial charge in [-0.25, -0.2) is 18.4 Å². The number of amides is 2. The zero-order chi connectivity index (χ0) is 17.0. The summed E-state index contributed by atoms with van der Waals surface area (Å²) in [5.74, 6) is 0. The van der Waals surface area contributed by atoms with E-state index in [1.165, 1.54) is 12.1 Å². The van der Waals surface area contributed by atoms with Crippen molar-refractivity contribution in [3.63, 3.8) is 0 Å². The molecule has 1 aromatic carbocycles. The minimum absolute atomic E-state index is 0.0544. The first-order valence-corrected chi connectivity index (χ1v) is 9.15. The molecule has 2 atom stereocenters. The van der Waals surface area contributed by atoms with Crippen LogP contribution in [0.15, 0.2) is 29.2 Å². The van der Waals surface area contributed by atoms with Gasteiger partial charge in [0.05, 0.1) is 23.6 Å². The maximum Gasteiger partial charge on any atom is 0.318 e. The lowest BCUT2D eigenvalue weighted by Crippen LogP contribution is -2.49. The molecule has 0 saturated carbocycles. The summed E-state index contributed by atoms with van der Waals surface area (Å²) >= 11 is 0. The van der Waals surface area contributed by atoms with E-state index in [0.717, 1.165) is 12.0 Å². The number of nitrogens with zero attached hydrogens (tertiary/aromatic N) is 1. The maximum atomic E-state index is 12.3. The molecule has 2 amide bonds. The molecule has 1 fully saturated rings. The SMILES string of the molecule is CC[C@@H]1CN(C(=O)N[C@H](C)c2ccc(S(N)(=O)=O)cc2)CCO1. The number of urea groups is 1. The van der Waals surface area contributed by atoms with Gasteiger partial charge in [-0.1, -0.05) is 19.1 Å². The number of carbonyl (C=O) groups is 1. The summed E-state index contributed by atoms with van der Waals surface area (Å²) in [6.45, 7) is 5.57. The van der Waals surface area contributed by atoms with Gasteiger partial charge in [0.2, 0.25) is 10.0 Å². The summed E-state index contributed by atoms with van der Waals surface area (Å²) < 4.78 is 28.0. The minimum Gasteiger partial charge on any atom is -0.375 e. The number of primary sulfonamides is 1. The fraction of sp³-hybridized carbons (Fsp3) is 0.533.